The molecule has 6 nitrogen and oxygen atoms in total. The SMILES string of the molecule is N#CCN(C(=O)COC(=O)COc1ccc2ccccc2c1Br)c1ccccc1. The summed E-state index contributed by atoms with van der Waals surface area (Å²) in [5.74, 6) is -0.663. The molecule has 0 saturated carbocycles. The highest BCUT2D eigenvalue weighted by molar-refractivity contribution is 9.10. The number of fused-ring (bicyclic) bond motifs is 1. The third kappa shape index (κ3) is 5.12. The maximum Gasteiger partial charge on any atom is 0.344 e. The molecule has 1 amide bonds. The number of rotatable bonds is 7. The first-order valence-electron chi connectivity index (χ1n) is 8.78. The molecule has 0 bridgehead atoms. The number of nitriles is 1. The highest BCUT2D eigenvalue weighted by Crippen LogP contribution is 2.32. The number of nitrogens with zero attached hydrogens (tertiary/aromatic N) is 2. The lowest BCUT2D eigenvalue weighted by atomic mass is 10.1. The first-order valence-corrected chi connectivity index (χ1v) is 9.57. The van der Waals surface area contributed by atoms with Gasteiger partial charge >= 0.3 is 5.97 Å². The van der Waals surface area contributed by atoms with Crippen LogP contribution in [-0.2, 0) is 14.3 Å². The summed E-state index contributed by atoms with van der Waals surface area (Å²) in [6.07, 6.45) is 0. The third-order valence-electron chi connectivity index (χ3n) is 4.13. The second-order valence-corrected chi connectivity index (χ2v) is 6.81. The van der Waals surface area contributed by atoms with Crippen molar-refractivity contribution < 1.29 is 19.1 Å². The first-order chi connectivity index (χ1) is 14.1. The summed E-state index contributed by atoms with van der Waals surface area (Å²) in [4.78, 5) is 25.6. The molecule has 0 saturated heterocycles. The van der Waals surface area contributed by atoms with Crippen LogP contribution < -0.4 is 9.64 Å². The number of hydrogen-bond donors (Lipinski definition) is 0. The Morgan fingerprint density at radius 1 is 0.966 bits per heavy atom. The zero-order valence-electron chi connectivity index (χ0n) is 15.4. The van der Waals surface area contributed by atoms with Crippen LogP contribution in [0.1, 0.15) is 0 Å². The van der Waals surface area contributed by atoms with Gasteiger partial charge in [0, 0.05) is 5.69 Å². The zero-order valence-corrected chi connectivity index (χ0v) is 17.0. The molecule has 29 heavy (non-hydrogen) atoms. The van der Waals surface area contributed by atoms with Crippen LogP contribution in [0.4, 0.5) is 5.69 Å². The van der Waals surface area contributed by atoms with Crippen molar-refractivity contribution in [2.45, 2.75) is 0 Å². The van der Waals surface area contributed by atoms with E-state index >= 15 is 0 Å². The summed E-state index contributed by atoms with van der Waals surface area (Å²) in [5.41, 5.74) is 0.562. The number of para-hydroxylation sites is 1. The van der Waals surface area contributed by atoms with E-state index in [1.165, 1.54) is 4.90 Å². The summed E-state index contributed by atoms with van der Waals surface area (Å²) in [7, 11) is 0. The molecule has 0 atom stereocenters. The number of ether oxygens (including phenoxy) is 2. The zero-order chi connectivity index (χ0) is 20.6. The van der Waals surface area contributed by atoms with Gasteiger partial charge in [0.1, 0.15) is 12.3 Å². The minimum absolute atomic E-state index is 0.138. The minimum Gasteiger partial charge on any atom is -0.481 e. The molecule has 0 fully saturated rings. The Morgan fingerprint density at radius 3 is 2.45 bits per heavy atom. The van der Waals surface area contributed by atoms with Crippen LogP contribution in [0.3, 0.4) is 0 Å². The Morgan fingerprint density at radius 2 is 1.69 bits per heavy atom. The highest BCUT2D eigenvalue weighted by Gasteiger charge is 2.18. The van der Waals surface area contributed by atoms with Crippen molar-refractivity contribution in [1.29, 1.82) is 5.26 Å². The van der Waals surface area contributed by atoms with E-state index < -0.39 is 18.5 Å². The number of amides is 1. The number of benzene rings is 3. The van der Waals surface area contributed by atoms with Crippen LogP contribution in [-0.4, -0.2) is 31.6 Å². The molecule has 0 aromatic heterocycles. The molecule has 0 unspecified atom stereocenters. The standard InChI is InChI=1S/C22H17BrN2O4/c23-22-18-9-5-4-6-16(18)10-11-19(22)28-15-21(27)29-14-20(26)25(13-12-24)17-7-2-1-3-8-17/h1-11H,13-15H2. The predicted molar refractivity (Wildman–Crippen MR) is 113 cm³/mol. The number of anilines is 1. The lowest BCUT2D eigenvalue weighted by molar-refractivity contribution is -0.149. The molecule has 0 heterocycles. The molecule has 0 N–H and O–H groups in total. The van der Waals surface area contributed by atoms with Crippen LogP contribution >= 0.6 is 15.9 Å². The lowest BCUT2D eigenvalue weighted by Crippen LogP contribution is -2.35. The van der Waals surface area contributed by atoms with E-state index in [-0.39, 0.29) is 13.2 Å². The van der Waals surface area contributed by atoms with Crippen molar-refractivity contribution in [3.63, 3.8) is 0 Å². The molecule has 0 spiro atoms. The van der Waals surface area contributed by atoms with Gasteiger partial charge in [-0.2, -0.15) is 5.26 Å². The van der Waals surface area contributed by atoms with Crippen LogP contribution in [0.5, 0.6) is 5.75 Å². The fraction of sp³-hybridized carbons (Fsp3) is 0.136. The molecule has 3 aromatic rings. The van der Waals surface area contributed by atoms with Gasteiger partial charge < -0.3 is 9.47 Å². The fourth-order valence-corrected chi connectivity index (χ4v) is 3.33. The number of carbonyl (C=O) groups excluding carboxylic acids is 2. The van der Waals surface area contributed by atoms with Gasteiger partial charge in [0.2, 0.25) is 0 Å². The van der Waals surface area contributed by atoms with Gasteiger partial charge in [0.05, 0.1) is 10.5 Å². The van der Waals surface area contributed by atoms with Crippen molar-refractivity contribution in [2.24, 2.45) is 0 Å². The van der Waals surface area contributed by atoms with Gasteiger partial charge in [0.25, 0.3) is 5.91 Å². The molecule has 3 rings (SSSR count). The Hall–Kier alpha value is -3.37. The Kier molecular flexibility index (Phi) is 6.82. The average Bonchev–Trinajstić information content (AvgIpc) is 2.76. The molecule has 7 heteroatoms. The fourth-order valence-electron chi connectivity index (χ4n) is 2.73. The summed E-state index contributed by atoms with van der Waals surface area (Å²) in [5, 5.41) is 11.0. The van der Waals surface area contributed by atoms with Crippen LogP contribution in [0.25, 0.3) is 10.8 Å². The molecule has 0 aliphatic heterocycles. The van der Waals surface area contributed by atoms with Crippen molar-refractivity contribution in [1.82, 2.24) is 0 Å². The number of hydrogen-bond acceptors (Lipinski definition) is 5. The number of halogens is 1. The van der Waals surface area contributed by atoms with Gasteiger partial charge in [0.15, 0.2) is 13.2 Å². The van der Waals surface area contributed by atoms with Crippen LogP contribution in [0.2, 0.25) is 0 Å². The Labute approximate surface area is 176 Å². The van der Waals surface area contributed by atoms with Gasteiger partial charge in [-0.25, -0.2) is 4.79 Å². The molecule has 0 aliphatic rings. The van der Waals surface area contributed by atoms with Gasteiger partial charge in [-0.1, -0.05) is 48.5 Å². The van der Waals surface area contributed by atoms with Gasteiger partial charge in [-0.15, -0.1) is 0 Å². The Balaban J connectivity index is 1.56. The van der Waals surface area contributed by atoms with Gasteiger partial charge in [-0.3, -0.25) is 9.69 Å². The molecule has 3 aromatic carbocycles. The van der Waals surface area contributed by atoms with Crippen molar-refractivity contribution >= 4 is 44.3 Å². The lowest BCUT2D eigenvalue weighted by Gasteiger charge is -2.19. The minimum atomic E-state index is -0.677. The topological polar surface area (TPSA) is 79.6 Å². The highest BCUT2D eigenvalue weighted by atomic mass is 79.9. The quantitative estimate of drug-likeness (QED) is 0.398. The van der Waals surface area contributed by atoms with E-state index in [2.05, 4.69) is 15.9 Å². The largest absolute Gasteiger partial charge is 0.481 e. The molecular formula is C22H17BrN2O4. The summed E-state index contributed by atoms with van der Waals surface area (Å²) in [6, 6.07) is 22.1. The van der Waals surface area contributed by atoms with E-state index in [1.807, 2.05) is 36.4 Å². The van der Waals surface area contributed by atoms with E-state index in [0.29, 0.717) is 11.4 Å². The first kappa shape index (κ1) is 20.4. The normalized spacial score (nSPS) is 10.2. The molecule has 146 valence electrons. The second kappa shape index (κ2) is 9.71. The van der Waals surface area contributed by atoms with Crippen LogP contribution in [0.15, 0.2) is 71.2 Å². The van der Waals surface area contributed by atoms with Gasteiger partial charge in [-0.05, 0) is 44.9 Å². The smallest absolute Gasteiger partial charge is 0.344 e. The van der Waals surface area contributed by atoms with Crippen molar-refractivity contribution in [3.8, 4) is 11.8 Å². The van der Waals surface area contributed by atoms with Crippen molar-refractivity contribution in [3.05, 3.63) is 71.2 Å². The van der Waals surface area contributed by atoms with Crippen LogP contribution in [0, 0.1) is 11.3 Å². The molecule has 0 radical (unpaired) electrons. The number of carbonyl (C=O) groups is 2. The predicted octanol–water partition coefficient (Wildman–Crippen LogP) is 4.08. The van der Waals surface area contributed by atoms with E-state index in [1.54, 1.807) is 36.4 Å². The maximum absolute atomic E-state index is 12.4. The average molecular weight is 453 g/mol. The van der Waals surface area contributed by atoms with E-state index in [0.717, 1.165) is 15.2 Å². The van der Waals surface area contributed by atoms with E-state index in [4.69, 9.17) is 14.7 Å². The monoisotopic (exact) mass is 452 g/mol. The summed E-state index contributed by atoms with van der Waals surface area (Å²) < 4.78 is 11.3. The number of esters is 1. The van der Waals surface area contributed by atoms with E-state index in [9.17, 15) is 9.59 Å². The second-order valence-electron chi connectivity index (χ2n) is 6.02. The molecular weight excluding hydrogens is 436 g/mol. The third-order valence-corrected chi connectivity index (χ3v) is 4.95. The maximum atomic E-state index is 12.4. The van der Waals surface area contributed by atoms with Crippen molar-refractivity contribution in [2.75, 3.05) is 24.7 Å². The summed E-state index contributed by atoms with van der Waals surface area (Å²) in [6.45, 7) is -0.952. The summed E-state index contributed by atoms with van der Waals surface area (Å²) >= 11 is 3.49. The Bertz CT molecular complexity index is 1060. The molecule has 0 aliphatic carbocycles.